The molecule has 32 heavy (non-hydrogen) atoms. The highest BCUT2D eigenvalue weighted by Gasteiger charge is 2.51. The molecule has 6 unspecified atom stereocenters. The van der Waals surface area contributed by atoms with Crippen LogP contribution >= 0.6 is 24.4 Å². The first-order valence-electron chi connectivity index (χ1n) is 10.4. The van der Waals surface area contributed by atoms with Crippen LogP contribution < -0.4 is 0 Å². The van der Waals surface area contributed by atoms with Crippen molar-refractivity contribution >= 4 is 24.4 Å². The molecule has 0 saturated carbocycles. The molecule has 2 rings (SSSR count). The van der Waals surface area contributed by atoms with E-state index in [-0.39, 0.29) is 0 Å². The van der Waals surface area contributed by atoms with Crippen LogP contribution in [-0.4, -0.2) is 146 Å². The number of hydrogen-bond donors (Lipinski definition) is 8. The number of aliphatic hydroxyl groups is 7. The van der Waals surface area contributed by atoms with Crippen molar-refractivity contribution in [2.24, 2.45) is 0 Å². The zero-order chi connectivity index (χ0) is 23.8. The van der Waals surface area contributed by atoms with Crippen molar-refractivity contribution < 1.29 is 54.8 Å². The van der Waals surface area contributed by atoms with Crippen LogP contribution in [0.15, 0.2) is 0 Å². The fourth-order valence-corrected chi connectivity index (χ4v) is 4.67. The smallest absolute Gasteiger partial charge is 0.187 e. The van der Waals surface area contributed by atoms with Crippen LogP contribution in [-0.2, 0) is 19.0 Å². The summed E-state index contributed by atoms with van der Waals surface area (Å²) in [5.41, 5.74) is 0. The summed E-state index contributed by atoms with van der Waals surface area (Å²) >= 11 is 5.87. The Kier molecular flexibility index (Phi) is 12.4. The molecular weight excluding hydrogens is 470 g/mol. The maximum Gasteiger partial charge on any atom is 0.187 e. The molecule has 12 nitrogen and oxygen atoms in total. The van der Waals surface area contributed by atoms with Gasteiger partial charge in [-0.3, -0.25) is 4.84 Å². The zero-order valence-corrected chi connectivity index (χ0v) is 19.5. The highest BCUT2D eigenvalue weighted by Crippen LogP contribution is 2.30. The van der Waals surface area contributed by atoms with Gasteiger partial charge < -0.3 is 50.0 Å². The number of hydroxylamine groups is 2. The number of rotatable bonds is 12. The maximum atomic E-state index is 10.7. The number of thioether (sulfide) groups is 1. The minimum absolute atomic E-state index is 0.390. The summed E-state index contributed by atoms with van der Waals surface area (Å²) in [7, 11) is 1.40. The summed E-state index contributed by atoms with van der Waals surface area (Å²) < 4.78 is 16.6. The quantitative estimate of drug-likeness (QED) is 0.0745. The fraction of sp³-hybridized carbons (Fsp3) is 1.00. The largest absolute Gasteiger partial charge is 0.394 e. The summed E-state index contributed by atoms with van der Waals surface area (Å²) in [6.45, 7) is -0.865. The SMILES string of the molecule is CON(CCCSCCS)[C@@H]1OC(CO)[C@@H](O[C@@H]2OC(CO)[C@H](O)C(O)C2O)C(O)C1O. The van der Waals surface area contributed by atoms with E-state index in [9.17, 15) is 35.7 Å². The van der Waals surface area contributed by atoms with Gasteiger partial charge in [-0.05, 0) is 17.9 Å². The van der Waals surface area contributed by atoms with Gasteiger partial charge in [0.15, 0.2) is 12.5 Å². The van der Waals surface area contributed by atoms with Crippen molar-refractivity contribution in [1.29, 1.82) is 0 Å². The highest BCUT2D eigenvalue weighted by atomic mass is 32.2. The van der Waals surface area contributed by atoms with Crippen LogP contribution in [0.2, 0.25) is 0 Å². The molecule has 0 amide bonds. The van der Waals surface area contributed by atoms with E-state index in [1.807, 2.05) is 0 Å². The van der Waals surface area contributed by atoms with Crippen LogP contribution in [0.3, 0.4) is 0 Å². The molecule has 0 aliphatic carbocycles. The Bertz CT molecular complexity index is 535. The summed E-state index contributed by atoms with van der Waals surface area (Å²) in [6, 6.07) is 0. The van der Waals surface area contributed by atoms with Gasteiger partial charge in [0, 0.05) is 12.3 Å². The average Bonchev–Trinajstić information content (AvgIpc) is 2.80. The lowest BCUT2D eigenvalue weighted by molar-refractivity contribution is -0.366. The van der Waals surface area contributed by atoms with Crippen molar-refractivity contribution in [3.8, 4) is 0 Å². The predicted octanol–water partition coefficient (Wildman–Crippen LogP) is -3.47. The van der Waals surface area contributed by atoms with Crippen LogP contribution in [0.4, 0.5) is 0 Å². The van der Waals surface area contributed by atoms with Crippen molar-refractivity contribution in [3.05, 3.63) is 0 Å². The molecule has 10 atom stereocenters. The second-order valence-electron chi connectivity index (χ2n) is 7.54. The molecule has 2 heterocycles. The lowest BCUT2D eigenvalue weighted by atomic mass is 9.96. The molecule has 7 N–H and O–H groups in total. The summed E-state index contributed by atoms with van der Waals surface area (Å²) in [6.07, 6.45) is -13.7. The Morgan fingerprint density at radius 1 is 0.875 bits per heavy atom. The third kappa shape index (κ3) is 6.88. The number of aliphatic hydroxyl groups excluding tert-OH is 7. The highest BCUT2D eigenvalue weighted by molar-refractivity contribution is 7.99. The van der Waals surface area contributed by atoms with E-state index in [0.29, 0.717) is 13.0 Å². The Balaban J connectivity index is 2.04. The lowest BCUT2D eigenvalue weighted by Gasteiger charge is -2.47. The first kappa shape index (κ1) is 28.5. The third-order valence-corrected chi connectivity index (χ3v) is 7.00. The second kappa shape index (κ2) is 13.9. The van der Waals surface area contributed by atoms with Crippen molar-refractivity contribution in [3.63, 3.8) is 0 Å². The van der Waals surface area contributed by atoms with E-state index >= 15 is 0 Å². The molecule has 2 aliphatic heterocycles. The van der Waals surface area contributed by atoms with Gasteiger partial charge in [-0.25, -0.2) is 0 Å². The first-order chi connectivity index (χ1) is 15.3. The summed E-state index contributed by atoms with van der Waals surface area (Å²) in [5.74, 6) is 2.50. The molecule has 0 bridgehead atoms. The predicted molar refractivity (Wildman–Crippen MR) is 116 cm³/mol. The normalized spacial score (nSPS) is 40.7. The van der Waals surface area contributed by atoms with Gasteiger partial charge >= 0.3 is 0 Å². The molecular formula is C18H35NO11S2. The number of ether oxygens (including phenoxy) is 3. The average molecular weight is 506 g/mol. The van der Waals surface area contributed by atoms with Gasteiger partial charge in [-0.15, -0.1) is 0 Å². The maximum absolute atomic E-state index is 10.7. The molecule has 0 spiro atoms. The minimum Gasteiger partial charge on any atom is -0.394 e. The molecule has 2 aliphatic rings. The van der Waals surface area contributed by atoms with Crippen molar-refractivity contribution in [2.45, 2.75) is 67.8 Å². The van der Waals surface area contributed by atoms with Gasteiger partial charge in [0.25, 0.3) is 0 Å². The van der Waals surface area contributed by atoms with E-state index in [2.05, 4.69) is 12.6 Å². The fourth-order valence-electron chi connectivity index (χ4n) is 3.62. The lowest BCUT2D eigenvalue weighted by Crippen LogP contribution is -2.66. The Morgan fingerprint density at radius 2 is 1.56 bits per heavy atom. The van der Waals surface area contributed by atoms with Crippen LogP contribution in [0, 0.1) is 0 Å². The van der Waals surface area contributed by atoms with Crippen molar-refractivity contribution in [2.75, 3.05) is 44.1 Å². The molecule has 14 heteroatoms. The monoisotopic (exact) mass is 505 g/mol. The van der Waals surface area contributed by atoms with Gasteiger partial charge in [0.1, 0.15) is 48.8 Å². The van der Waals surface area contributed by atoms with E-state index in [0.717, 1.165) is 17.3 Å². The standard InChI is InChI=1S/C18H35NO11S2/c1-27-19(3-2-5-32-6-4-31)17-14(25)13(24)16(10(8-21)28-17)30-18-15(26)12(23)11(22)9(7-20)29-18/h9-18,20-26,31H,2-8H2,1H3/t9?,10?,11-,12?,13?,14?,15?,16+,17+,18-/m0/s1. The first-order valence-corrected chi connectivity index (χ1v) is 12.2. The number of thiol groups is 1. The molecule has 2 fully saturated rings. The van der Waals surface area contributed by atoms with E-state index < -0.39 is 74.6 Å². The van der Waals surface area contributed by atoms with Gasteiger partial charge in [-0.2, -0.15) is 29.5 Å². The molecule has 0 aromatic rings. The molecule has 0 aromatic heterocycles. The topological polar surface area (TPSA) is 182 Å². The van der Waals surface area contributed by atoms with Crippen LogP contribution in [0.5, 0.6) is 0 Å². The minimum atomic E-state index is -1.71. The summed E-state index contributed by atoms with van der Waals surface area (Å²) in [5, 5.41) is 71.8. The Hall–Kier alpha value is 0.220. The molecule has 0 radical (unpaired) electrons. The molecule has 0 aromatic carbocycles. The van der Waals surface area contributed by atoms with Gasteiger partial charge in [-0.1, -0.05) is 0 Å². The van der Waals surface area contributed by atoms with E-state index in [4.69, 9.17) is 19.0 Å². The van der Waals surface area contributed by atoms with Crippen LogP contribution in [0.25, 0.3) is 0 Å². The van der Waals surface area contributed by atoms with Gasteiger partial charge in [0.2, 0.25) is 0 Å². The Labute approximate surface area is 196 Å². The van der Waals surface area contributed by atoms with E-state index in [1.54, 1.807) is 11.8 Å². The molecule has 190 valence electrons. The third-order valence-electron chi connectivity index (χ3n) is 5.40. The van der Waals surface area contributed by atoms with Crippen LogP contribution in [0.1, 0.15) is 6.42 Å². The molecule has 2 saturated heterocycles. The zero-order valence-electron chi connectivity index (χ0n) is 17.8. The second-order valence-corrected chi connectivity index (χ2v) is 9.21. The Morgan fingerprint density at radius 3 is 2.16 bits per heavy atom. The summed E-state index contributed by atoms with van der Waals surface area (Å²) in [4.78, 5) is 5.30. The number of nitrogens with zero attached hydrogens (tertiary/aromatic N) is 1. The van der Waals surface area contributed by atoms with Gasteiger partial charge in [0.05, 0.1) is 20.3 Å². The number of hydrogen-bond acceptors (Lipinski definition) is 14. The van der Waals surface area contributed by atoms with Crippen molar-refractivity contribution in [1.82, 2.24) is 5.06 Å². The van der Waals surface area contributed by atoms with E-state index in [1.165, 1.54) is 12.2 Å².